The van der Waals surface area contributed by atoms with Crippen molar-refractivity contribution in [2.24, 2.45) is 11.8 Å². The zero-order chi connectivity index (χ0) is 14.0. The number of nitrogens with zero attached hydrogens (tertiary/aromatic N) is 1. The highest BCUT2D eigenvalue weighted by Crippen LogP contribution is 2.38. The van der Waals surface area contributed by atoms with Gasteiger partial charge >= 0.3 is 0 Å². The Bertz CT molecular complexity index is 315. The molecule has 2 fully saturated rings. The molecule has 2 rings (SSSR count). The van der Waals surface area contributed by atoms with Crippen LogP contribution in [0.2, 0.25) is 0 Å². The first-order chi connectivity index (χ1) is 9.01. The second kappa shape index (κ2) is 6.23. The number of aliphatic hydroxyl groups is 1. The fraction of sp³-hybridized carbons (Fsp3) is 0.933. The number of hydrogen-bond acceptors (Lipinski definition) is 3. The third-order valence-electron chi connectivity index (χ3n) is 4.65. The minimum atomic E-state index is -0.296. The van der Waals surface area contributed by atoms with Gasteiger partial charge in [-0.25, -0.2) is 0 Å². The summed E-state index contributed by atoms with van der Waals surface area (Å²) >= 11 is 0. The molecule has 0 aromatic heterocycles. The van der Waals surface area contributed by atoms with Crippen LogP contribution in [0.5, 0.6) is 0 Å². The molecular formula is C15H28N2O2. The maximum atomic E-state index is 11.3. The van der Waals surface area contributed by atoms with Gasteiger partial charge in [0.2, 0.25) is 5.91 Å². The first kappa shape index (κ1) is 14.8. The minimum Gasteiger partial charge on any atom is -0.393 e. The summed E-state index contributed by atoms with van der Waals surface area (Å²) < 4.78 is 0. The molecule has 4 nitrogen and oxygen atoms in total. The van der Waals surface area contributed by atoms with E-state index in [1.807, 2.05) is 6.92 Å². The molecule has 0 bridgehead atoms. The van der Waals surface area contributed by atoms with Crippen LogP contribution in [0.1, 0.15) is 46.5 Å². The van der Waals surface area contributed by atoms with E-state index >= 15 is 0 Å². The lowest BCUT2D eigenvalue weighted by Crippen LogP contribution is -2.55. The van der Waals surface area contributed by atoms with Crippen molar-refractivity contribution >= 4 is 5.91 Å². The summed E-state index contributed by atoms with van der Waals surface area (Å²) in [6.45, 7) is 7.62. The van der Waals surface area contributed by atoms with Crippen LogP contribution in [-0.4, -0.2) is 47.2 Å². The van der Waals surface area contributed by atoms with Crippen molar-refractivity contribution in [3.05, 3.63) is 0 Å². The Hall–Kier alpha value is -0.610. The van der Waals surface area contributed by atoms with E-state index in [2.05, 4.69) is 17.1 Å². The molecule has 1 saturated heterocycles. The van der Waals surface area contributed by atoms with Crippen molar-refractivity contribution in [3.8, 4) is 0 Å². The first-order valence-electron chi connectivity index (χ1n) is 7.70. The summed E-state index contributed by atoms with van der Waals surface area (Å²) in [5.41, 5.74) is 0. The summed E-state index contributed by atoms with van der Waals surface area (Å²) in [6.07, 6.45) is 4.47. The van der Waals surface area contributed by atoms with Gasteiger partial charge in [0.25, 0.3) is 0 Å². The lowest BCUT2D eigenvalue weighted by Gasteiger charge is -2.43. The number of likely N-dealkylation sites (tertiary alicyclic amines) is 1. The molecule has 0 aromatic rings. The monoisotopic (exact) mass is 268 g/mol. The largest absolute Gasteiger partial charge is 0.393 e. The molecule has 0 aromatic carbocycles. The average Bonchev–Trinajstić information content (AvgIpc) is 3.13. The Morgan fingerprint density at radius 3 is 2.53 bits per heavy atom. The number of nitrogens with one attached hydrogen (secondary N) is 1. The maximum Gasteiger partial charge on any atom is 0.217 e. The summed E-state index contributed by atoms with van der Waals surface area (Å²) in [5.74, 6) is 1.16. The van der Waals surface area contributed by atoms with E-state index in [-0.39, 0.29) is 24.0 Å². The zero-order valence-corrected chi connectivity index (χ0v) is 12.4. The van der Waals surface area contributed by atoms with Crippen molar-refractivity contribution in [2.45, 2.75) is 64.6 Å². The number of carbonyl (C=O) groups is 1. The highest BCUT2D eigenvalue weighted by Gasteiger charge is 2.39. The molecule has 2 N–H and O–H groups in total. The smallest absolute Gasteiger partial charge is 0.217 e. The fourth-order valence-corrected chi connectivity index (χ4v) is 3.56. The number of piperidine rings is 1. The molecule has 4 atom stereocenters. The van der Waals surface area contributed by atoms with Gasteiger partial charge in [0.1, 0.15) is 0 Å². The molecule has 110 valence electrons. The molecular weight excluding hydrogens is 240 g/mol. The van der Waals surface area contributed by atoms with Crippen molar-refractivity contribution in [1.82, 2.24) is 10.2 Å². The Balaban J connectivity index is 2.02. The van der Waals surface area contributed by atoms with Gasteiger partial charge in [0.05, 0.1) is 6.10 Å². The molecule has 0 spiro atoms. The van der Waals surface area contributed by atoms with Crippen LogP contribution in [-0.2, 0) is 4.79 Å². The van der Waals surface area contributed by atoms with E-state index in [1.165, 1.54) is 19.3 Å². The quantitative estimate of drug-likeness (QED) is 0.792. The van der Waals surface area contributed by atoms with E-state index in [9.17, 15) is 9.90 Å². The average molecular weight is 268 g/mol. The molecule has 2 aliphatic rings. The standard InChI is InChI=1S/C15H28N2O2/c1-4-15(12-5-6-12)17-8-13(10(2)18)7-14(9-17)16-11(3)19/h10,12-15,18H,4-9H2,1-3H3,(H,16,19). The minimum absolute atomic E-state index is 0.0377. The van der Waals surface area contributed by atoms with Crippen LogP contribution < -0.4 is 5.32 Å². The molecule has 1 saturated carbocycles. The normalized spacial score (nSPS) is 31.8. The number of rotatable bonds is 5. The van der Waals surface area contributed by atoms with Crippen LogP contribution in [0.25, 0.3) is 0 Å². The van der Waals surface area contributed by atoms with E-state index < -0.39 is 0 Å². The number of hydrogen-bond donors (Lipinski definition) is 2. The van der Waals surface area contributed by atoms with Crippen LogP contribution in [0.4, 0.5) is 0 Å². The first-order valence-corrected chi connectivity index (χ1v) is 7.70. The molecule has 1 aliphatic carbocycles. The van der Waals surface area contributed by atoms with Crippen molar-refractivity contribution in [2.75, 3.05) is 13.1 Å². The predicted molar refractivity (Wildman–Crippen MR) is 75.8 cm³/mol. The number of aliphatic hydroxyl groups excluding tert-OH is 1. The van der Waals surface area contributed by atoms with E-state index in [1.54, 1.807) is 6.92 Å². The maximum absolute atomic E-state index is 11.3. The highest BCUT2D eigenvalue weighted by molar-refractivity contribution is 5.73. The van der Waals surface area contributed by atoms with Gasteiger partial charge in [-0.15, -0.1) is 0 Å². The number of carbonyl (C=O) groups excluding carboxylic acids is 1. The zero-order valence-electron chi connectivity index (χ0n) is 12.4. The molecule has 0 radical (unpaired) electrons. The second-order valence-electron chi connectivity index (χ2n) is 6.40. The lowest BCUT2D eigenvalue weighted by atomic mass is 9.88. The van der Waals surface area contributed by atoms with Gasteiger partial charge in [-0.05, 0) is 44.4 Å². The Morgan fingerprint density at radius 1 is 1.37 bits per heavy atom. The molecule has 4 heteroatoms. The van der Waals surface area contributed by atoms with E-state index in [4.69, 9.17) is 0 Å². The van der Waals surface area contributed by atoms with Gasteiger partial charge in [0, 0.05) is 32.1 Å². The van der Waals surface area contributed by atoms with Crippen molar-refractivity contribution < 1.29 is 9.90 Å². The second-order valence-corrected chi connectivity index (χ2v) is 6.40. The SMILES string of the molecule is CCC(C1CC1)N1CC(NC(C)=O)CC(C(C)O)C1. The Kier molecular flexibility index (Phi) is 4.85. The van der Waals surface area contributed by atoms with Crippen LogP contribution in [0, 0.1) is 11.8 Å². The summed E-state index contributed by atoms with van der Waals surface area (Å²) in [7, 11) is 0. The van der Waals surface area contributed by atoms with Gasteiger partial charge < -0.3 is 10.4 Å². The van der Waals surface area contributed by atoms with Crippen LogP contribution in [0.15, 0.2) is 0 Å². The van der Waals surface area contributed by atoms with Crippen molar-refractivity contribution in [1.29, 1.82) is 0 Å². The fourth-order valence-electron chi connectivity index (χ4n) is 3.56. The summed E-state index contributed by atoms with van der Waals surface area (Å²) in [5, 5.41) is 13.0. The van der Waals surface area contributed by atoms with Crippen LogP contribution in [0.3, 0.4) is 0 Å². The molecule has 1 heterocycles. The van der Waals surface area contributed by atoms with Gasteiger partial charge in [-0.3, -0.25) is 9.69 Å². The topological polar surface area (TPSA) is 52.6 Å². The molecule has 4 unspecified atom stereocenters. The Morgan fingerprint density at radius 2 is 2.05 bits per heavy atom. The summed E-state index contributed by atoms with van der Waals surface area (Å²) in [4.78, 5) is 13.8. The van der Waals surface area contributed by atoms with E-state index in [0.29, 0.717) is 6.04 Å². The summed E-state index contributed by atoms with van der Waals surface area (Å²) in [6, 6.07) is 0.830. The Labute approximate surface area is 116 Å². The lowest BCUT2D eigenvalue weighted by molar-refractivity contribution is -0.120. The van der Waals surface area contributed by atoms with Gasteiger partial charge in [-0.2, -0.15) is 0 Å². The van der Waals surface area contributed by atoms with Gasteiger partial charge in [-0.1, -0.05) is 6.92 Å². The third kappa shape index (κ3) is 3.93. The predicted octanol–water partition coefficient (Wildman–Crippen LogP) is 1.38. The molecule has 19 heavy (non-hydrogen) atoms. The molecule has 1 amide bonds. The van der Waals surface area contributed by atoms with Crippen molar-refractivity contribution in [3.63, 3.8) is 0 Å². The van der Waals surface area contributed by atoms with Crippen LogP contribution >= 0.6 is 0 Å². The van der Waals surface area contributed by atoms with E-state index in [0.717, 1.165) is 25.4 Å². The third-order valence-corrected chi connectivity index (χ3v) is 4.65. The van der Waals surface area contributed by atoms with Gasteiger partial charge in [0.15, 0.2) is 0 Å². The molecule has 1 aliphatic heterocycles. The number of amides is 1. The highest BCUT2D eigenvalue weighted by atomic mass is 16.3.